The van der Waals surface area contributed by atoms with Gasteiger partial charge in [0.15, 0.2) is 0 Å². The molecule has 0 N–H and O–H groups in total. The lowest BCUT2D eigenvalue weighted by molar-refractivity contribution is -0.640. The Bertz CT molecular complexity index is 1090. The molecule has 0 unspecified atom stereocenters. The van der Waals surface area contributed by atoms with E-state index in [-0.39, 0.29) is 0 Å². The van der Waals surface area contributed by atoms with E-state index in [1.807, 2.05) is 28.8 Å². The van der Waals surface area contributed by atoms with Crippen LogP contribution >= 0.6 is 0 Å². The number of pyridine rings is 1. The standard InChI is InChI=1S/C16H12N3O/c1-18-15-11-5-3-2-4-10(11)9-19(15)14-12-8-17-7-6-13(12)20-16(14)18/h2-8H,9H2,1H3/q+1/i1D3. The number of rotatable bonds is 0. The second-order valence-electron chi connectivity index (χ2n) is 5.03. The number of aryl methyl sites for hydroxylation is 1. The van der Waals surface area contributed by atoms with Crippen molar-refractivity contribution in [3.63, 3.8) is 0 Å². The van der Waals surface area contributed by atoms with Gasteiger partial charge in [-0.1, -0.05) is 18.2 Å². The molecule has 4 heteroatoms. The van der Waals surface area contributed by atoms with Crippen LogP contribution in [0.1, 0.15) is 9.68 Å². The smallest absolute Gasteiger partial charge is 0.339 e. The lowest BCUT2D eigenvalue weighted by atomic mass is 10.1. The van der Waals surface area contributed by atoms with Gasteiger partial charge >= 0.3 is 5.71 Å². The summed E-state index contributed by atoms with van der Waals surface area (Å²) in [4.78, 5) is 4.16. The van der Waals surface area contributed by atoms with Crippen molar-refractivity contribution in [2.45, 2.75) is 6.54 Å². The van der Waals surface area contributed by atoms with E-state index >= 15 is 0 Å². The topological polar surface area (TPSA) is 34.8 Å². The summed E-state index contributed by atoms with van der Waals surface area (Å²) >= 11 is 0. The minimum absolute atomic E-state index is 0.373. The number of benzene rings is 1. The quantitative estimate of drug-likeness (QED) is 0.403. The van der Waals surface area contributed by atoms with Crippen molar-refractivity contribution in [1.82, 2.24) is 9.55 Å². The van der Waals surface area contributed by atoms with Crippen LogP contribution in [0.4, 0.5) is 0 Å². The van der Waals surface area contributed by atoms with Crippen molar-refractivity contribution in [3.05, 3.63) is 48.3 Å². The number of imidazole rings is 1. The Labute approximate surface area is 119 Å². The molecule has 96 valence electrons. The Morgan fingerprint density at radius 3 is 3.25 bits per heavy atom. The summed E-state index contributed by atoms with van der Waals surface area (Å²) in [6, 6.07) is 9.63. The molecule has 0 fully saturated rings. The highest BCUT2D eigenvalue weighted by atomic mass is 16.3. The molecule has 20 heavy (non-hydrogen) atoms. The van der Waals surface area contributed by atoms with Crippen molar-refractivity contribution >= 4 is 22.2 Å². The Morgan fingerprint density at radius 1 is 1.35 bits per heavy atom. The van der Waals surface area contributed by atoms with E-state index in [9.17, 15) is 0 Å². The largest absolute Gasteiger partial charge is 0.419 e. The van der Waals surface area contributed by atoms with Gasteiger partial charge in [-0.05, 0) is 6.07 Å². The summed E-state index contributed by atoms with van der Waals surface area (Å²) < 4.78 is 33.1. The van der Waals surface area contributed by atoms with Crippen LogP contribution in [-0.4, -0.2) is 9.55 Å². The van der Waals surface area contributed by atoms with Crippen LogP contribution in [0.5, 0.6) is 0 Å². The van der Waals surface area contributed by atoms with Gasteiger partial charge in [-0.15, -0.1) is 0 Å². The zero-order valence-corrected chi connectivity index (χ0v) is 10.5. The summed E-state index contributed by atoms with van der Waals surface area (Å²) in [7, 11) is 0. The Morgan fingerprint density at radius 2 is 2.30 bits per heavy atom. The molecule has 0 bridgehead atoms. The van der Waals surface area contributed by atoms with Crippen LogP contribution in [0.3, 0.4) is 0 Å². The van der Waals surface area contributed by atoms with Gasteiger partial charge in [-0.25, -0.2) is 4.57 Å². The predicted octanol–water partition coefficient (Wildman–Crippen LogP) is 2.64. The molecular weight excluding hydrogens is 250 g/mol. The first kappa shape index (κ1) is 7.85. The van der Waals surface area contributed by atoms with Crippen molar-refractivity contribution < 1.29 is 13.1 Å². The molecule has 0 amide bonds. The number of furan rings is 1. The van der Waals surface area contributed by atoms with E-state index in [1.165, 1.54) is 4.57 Å². The molecule has 1 aromatic carbocycles. The van der Waals surface area contributed by atoms with Crippen molar-refractivity contribution in [3.8, 4) is 11.4 Å². The van der Waals surface area contributed by atoms with Crippen LogP contribution in [-0.2, 0) is 13.5 Å². The van der Waals surface area contributed by atoms with E-state index in [0.29, 0.717) is 23.7 Å². The van der Waals surface area contributed by atoms with E-state index in [1.54, 1.807) is 18.5 Å². The fourth-order valence-electron chi connectivity index (χ4n) is 3.12. The maximum absolute atomic E-state index is 7.96. The molecule has 0 spiro atoms. The van der Waals surface area contributed by atoms with Gasteiger partial charge in [0.1, 0.15) is 12.1 Å². The maximum Gasteiger partial charge on any atom is 0.339 e. The monoisotopic (exact) mass is 265 g/mol. The summed E-state index contributed by atoms with van der Waals surface area (Å²) in [5.41, 5.74) is 3.86. The van der Waals surface area contributed by atoms with Gasteiger partial charge in [0.25, 0.3) is 5.82 Å². The first-order valence-electron chi connectivity index (χ1n) is 7.95. The number of aromatic nitrogens is 3. The Kier molecular flexibility index (Phi) is 1.29. The molecular formula is C16H12N3O+. The normalized spacial score (nSPS) is 15.9. The van der Waals surface area contributed by atoms with Crippen molar-refractivity contribution in [1.29, 1.82) is 0 Å². The molecule has 4 heterocycles. The first-order chi connectivity index (χ1) is 11.1. The van der Waals surface area contributed by atoms with Crippen molar-refractivity contribution in [2.24, 2.45) is 6.98 Å². The second-order valence-corrected chi connectivity index (χ2v) is 5.03. The van der Waals surface area contributed by atoms with Gasteiger partial charge in [0.05, 0.1) is 22.0 Å². The Balaban J connectivity index is 2.01. The minimum atomic E-state index is -2.32. The molecule has 4 aromatic rings. The van der Waals surface area contributed by atoms with Gasteiger partial charge in [0.2, 0.25) is 5.52 Å². The molecule has 0 saturated carbocycles. The fraction of sp³-hybridized carbons (Fsp3) is 0.125. The van der Waals surface area contributed by atoms with Crippen LogP contribution in [0.15, 0.2) is 47.1 Å². The molecule has 0 atom stereocenters. The summed E-state index contributed by atoms with van der Waals surface area (Å²) in [5.74, 6) is 0.667. The highest BCUT2D eigenvalue weighted by molar-refractivity contribution is 6.01. The molecule has 4 nitrogen and oxygen atoms in total. The van der Waals surface area contributed by atoms with Crippen molar-refractivity contribution in [2.75, 3.05) is 0 Å². The zero-order valence-electron chi connectivity index (χ0n) is 13.5. The zero-order chi connectivity index (χ0) is 15.8. The first-order valence-corrected chi connectivity index (χ1v) is 6.45. The lowest BCUT2D eigenvalue weighted by Crippen LogP contribution is -2.29. The number of fused-ring (bicyclic) bond motifs is 7. The maximum atomic E-state index is 7.96. The van der Waals surface area contributed by atoms with E-state index in [4.69, 9.17) is 8.53 Å². The summed E-state index contributed by atoms with van der Waals surface area (Å²) in [6.45, 7) is -1.69. The molecule has 3 aromatic heterocycles. The molecule has 1 aliphatic heterocycles. The van der Waals surface area contributed by atoms with Gasteiger partial charge in [-0.3, -0.25) is 4.98 Å². The van der Waals surface area contributed by atoms with Crippen LogP contribution in [0, 0.1) is 0 Å². The average Bonchev–Trinajstić information content (AvgIpc) is 3.12. The molecule has 1 aliphatic rings. The van der Waals surface area contributed by atoms with E-state index in [2.05, 4.69) is 4.98 Å². The number of hydrogen-bond donors (Lipinski definition) is 0. The van der Waals surface area contributed by atoms with Gasteiger partial charge in [0, 0.05) is 24.0 Å². The predicted molar refractivity (Wildman–Crippen MR) is 75.2 cm³/mol. The summed E-state index contributed by atoms with van der Waals surface area (Å²) in [6.07, 6.45) is 3.37. The molecule has 0 aliphatic carbocycles. The third kappa shape index (κ3) is 1.04. The minimum Gasteiger partial charge on any atom is -0.419 e. The molecule has 0 saturated heterocycles. The highest BCUT2D eigenvalue weighted by Gasteiger charge is 2.35. The van der Waals surface area contributed by atoms with Gasteiger partial charge in [-0.2, -0.15) is 4.57 Å². The average molecular weight is 265 g/mol. The number of hydrogen-bond acceptors (Lipinski definition) is 2. The summed E-state index contributed by atoms with van der Waals surface area (Å²) in [5, 5.41) is 0.833. The molecule has 5 rings (SSSR count). The second kappa shape index (κ2) is 3.28. The fourth-order valence-corrected chi connectivity index (χ4v) is 3.12. The van der Waals surface area contributed by atoms with Crippen LogP contribution < -0.4 is 4.57 Å². The molecule has 0 radical (unpaired) electrons. The third-order valence-corrected chi connectivity index (χ3v) is 3.97. The lowest BCUT2D eigenvalue weighted by Gasteiger charge is -1.93. The van der Waals surface area contributed by atoms with E-state index < -0.39 is 6.98 Å². The number of nitrogens with zero attached hydrogens (tertiary/aromatic N) is 3. The van der Waals surface area contributed by atoms with Crippen LogP contribution in [0.25, 0.3) is 33.6 Å². The van der Waals surface area contributed by atoms with Crippen LogP contribution in [0.2, 0.25) is 0 Å². The third-order valence-electron chi connectivity index (χ3n) is 3.97. The highest BCUT2D eigenvalue weighted by Crippen LogP contribution is 2.36. The SMILES string of the molecule is [2H]C([2H])([2H])[n+]1c2n(c3c4cnccc4oc31)Cc1ccccc1-2. The Hall–Kier alpha value is -2.62. The van der Waals surface area contributed by atoms with E-state index in [0.717, 1.165) is 22.0 Å². The van der Waals surface area contributed by atoms with Gasteiger partial charge < -0.3 is 4.42 Å².